The number of carbonyl (C=O) groups excluding carboxylic acids is 1. The minimum absolute atomic E-state index is 0.126. The van der Waals surface area contributed by atoms with Crippen molar-refractivity contribution in [2.24, 2.45) is 0 Å². The lowest BCUT2D eigenvalue weighted by Crippen LogP contribution is -2.35. The first-order chi connectivity index (χ1) is 8.08. The van der Waals surface area contributed by atoms with Gasteiger partial charge in [-0.05, 0) is 12.1 Å². The molecule has 0 atom stereocenters. The van der Waals surface area contributed by atoms with Crippen LogP contribution in [0.4, 0.5) is 5.82 Å². The van der Waals surface area contributed by atoms with Crippen molar-refractivity contribution >= 4 is 23.3 Å². The Bertz CT molecular complexity index is 374. The number of pyridine rings is 1. The van der Waals surface area contributed by atoms with Gasteiger partial charge in [-0.2, -0.15) is 0 Å². The third-order valence-corrected chi connectivity index (χ3v) is 2.28. The van der Waals surface area contributed by atoms with E-state index in [0.29, 0.717) is 0 Å². The maximum absolute atomic E-state index is 12.0. The molecular weight excluding hydrogens is 246 g/mol. The van der Waals surface area contributed by atoms with Gasteiger partial charge in [-0.25, -0.2) is 4.98 Å². The van der Waals surface area contributed by atoms with Gasteiger partial charge in [-0.1, -0.05) is 11.6 Å². The summed E-state index contributed by atoms with van der Waals surface area (Å²) in [6.07, 6.45) is 0. The molecule has 0 fully saturated rings. The molecule has 0 saturated heterocycles. The first kappa shape index (κ1) is 13.7. The second-order valence-electron chi connectivity index (χ2n) is 3.34. The number of nitrogens with zero attached hydrogens (tertiary/aromatic N) is 2. The lowest BCUT2D eigenvalue weighted by molar-refractivity contribution is 0.0685. The molecule has 0 aliphatic carbocycles. The predicted octanol–water partition coefficient (Wildman–Crippen LogP) is -0.256. The molecule has 0 aromatic carbocycles. The summed E-state index contributed by atoms with van der Waals surface area (Å²) in [6, 6.07) is 2.79. The van der Waals surface area contributed by atoms with Crippen LogP contribution < -0.4 is 5.73 Å². The fourth-order valence-electron chi connectivity index (χ4n) is 1.38. The summed E-state index contributed by atoms with van der Waals surface area (Å²) < 4.78 is 0. The van der Waals surface area contributed by atoms with E-state index in [-0.39, 0.29) is 48.7 Å². The van der Waals surface area contributed by atoms with Gasteiger partial charge < -0.3 is 20.8 Å². The molecule has 0 unspecified atom stereocenters. The van der Waals surface area contributed by atoms with E-state index < -0.39 is 0 Å². The average molecular weight is 260 g/mol. The first-order valence-electron chi connectivity index (χ1n) is 5.02. The molecule has 17 heavy (non-hydrogen) atoms. The molecule has 0 aliphatic rings. The van der Waals surface area contributed by atoms with Gasteiger partial charge >= 0.3 is 0 Å². The molecule has 1 amide bonds. The van der Waals surface area contributed by atoms with E-state index in [1.54, 1.807) is 0 Å². The topological polar surface area (TPSA) is 99.7 Å². The minimum atomic E-state index is -0.357. The fraction of sp³-hybridized carbons (Fsp3) is 0.400. The third-order valence-electron chi connectivity index (χ3n) is 2.09. The molecule has 4 N–H and O–H groups in total. The maximum atomic E-state index is 12.0. The van der Waals surface area contributed by atoms with Gasteiger partial charge in [0.1, 0.15) is 11.0 Å². The Morgan fingerprint density at radius 2 is 1.94 bits per heavy atom. The van der Waals surface area contributed by atoms with Crippen LogP contribution in [-0.4, -0.2) is 52.3 Å². The van der Waals surface area contributed by atoms with Crippen LogP contribution in [0.1, 0.15) is 10.4 Å². The minimum Gasteiger partial charge on any atom is -0.395 e. The number of amides is 1. The molecule has 0 radical (unpaired) electrons. The van der Waals surface area contributed by atoms with Crippen LogP contribution in [0, 0.1) is 0 Å². The number of aliphatic hydroxyl groups is 2. The molecule has 94 valence electrons. The Labute approximate surface area is 104 Å². The fourth-order valence-corrected chi connectivity index (χ4v) is 1.59. The van der Waals surface area contributed by atoms with Crippen molar-refractivity contribution in [2.75, 3.05) is 32.0 Å². The lowest BCUT2D eigenvalue weighted by atomic mass is 10.2. The zero-order valence-corrected chi connectivity index (χ0v) is 9.89. The number of aliphatic hydroxyl groups excluding tert-OH is 2. The van der Waals surface area contributed by atoms with E-state index in [9.17, 15) is 4.79 Å². The zero-order chi connectivity index (χ0) is 12.8. The zero-order valence-electron chi connectivity index (χ0n) is 9.14. The molecule has 0 aliphatic heterocycles. The van der Waals surface area contributed by atoms with Crippen molar-refractivity contribution in [2.45, 2.75) is 0 Å². The van der Waals surface area contributed by atoms with Gasteiger partial charge in [0.15, 0.2) is 0 Å². The summed E-state index contributed by atoms with van der Waals surface area (Å²) >= 11 is 5.69. The number of hydrogen-bond donors (Lipinski definition) is 3. The number of carbonyl (C=O) groups is 1. The van der Waals surface area contributed by atoms with Gasteiger partial charge in [0.05, 0.1) is 13.2 Å². The van der Waals surface area contributed by atoms with Crippen molar-refractivity contribution in [3.8, 4) is 0 Å². The maximum Gasteiger partial charge on any atom is 0.254 e. The Hall–Kier alpha value is -1.37. The van der Waals surface area contributed by atoms with Crippen LogP contribution in [0.15, 0.2) is 12.1 Å². The highest BCUT2D eigenvalue weighted by atomic mass is 35.5. The number of nitrogens with two attached hydrogens (primary N) is 1. The monoisotopic (exact) mass is 259 g/mol. The summed E-state index contributed by atoms with van der Waals surface area (Å²) in [5, 5.41) is 17.8. The van der Waals surface area contributed by atoms with Gasteiger partial charge in [-0.3, -0.25) is 4.79 Å². The van der Waals surface area contributed by atoms with Gasteiger partial charge in [0, 0.05) is 18.7 Å². The Morgan fingerprint density at radius 1 is 1.35 bits per heavy atom. The number of aromatic nitrogens is 1. The summed E-state index contributed by atoms with van der Waals surface area (Å²) in [6.45, 7) is -0.0848. The molecule has 7 heteroatoms. The van der Waals surface area contributed by atoms with E-state index >= 15 is 0 Å². The number of halogens is 1. The van der Waals surface area contributed by atoms with Crippen LogP contribution in [0.2, 0.25) is 5.15 Å². The van der Waals surface area contributed by atoms with Crippen LogP contribution in [-0.2, 0) is 0 Å². The summed E-state index contributed by atoms with van der Waals surface area (Å²) in [5.74, 6) is -0.210. The van der Waals surface area contributed by atoms with Crippen LogP contribution in [0.25, 0.3) is 0 Å². The van der Waals surface area contributed by atoms with Crippen molar-refractivity contribution in [3.63, 3.8) is 0 Å². The predicted molar refractivity (Wildman–Crippen MR) is 63.7 cm³/mol. The van der Waals surface area contributed by atoms with Crippen molar-refractivity contribution in [1.82, 2.24) is 9.88 Å². The SMILES string of the molecule is Nc1cc(C(=O)N(CCO)CCO)cc(Cl)n1. The largest absolute Gasteiger partial charge is 0.395 e. The molecule has 1 aromatic rings. The van der Waals surface area contributed by atoms with Gasteiger partial charge in [0.25, 0.3) is 5.91 Å². The van der Waals surface area contributed by atoms with Crippen LogP contribution in [0.3, 0.4) is 0 Å². The van der Waals surface area contributed by atoms with E-state index in [1.807, 2.05) is 0 Å². The average Bonchev–Trinajstić information content (AvgIpc) is 2.26. The highest BCUT2D eigenvalue weighted by molar-refractivity contribution is 6.29. The first-order valence-corrected chi connectivity index (χ1v) is 5.40. The highest BCUT2D eigenvalue weighted by Gasteiger charge is 2.16. The van der Waals surface area contributed by atoms with E-state index in [2.05, 4.69) is 4.98 Å². The normalized spacial score (nSPS) is 10.3. The molecule has 6 nitrogen and oxygen atoms in total. The molecular formula is C10H14ClN3O3. The smallest absolute Gasteiger partial charge is 0.254 e. The quantitative estimate of drug-likeness (QED) is 0.633. The van der Waals surface area contributed by atoms with Crippen LogP contribution in [0.5, 0.6) is 0 Å². The summed E-state index contributed by atoms with van der Waals surface area (Å²) in [7, 11) is 0. The highest BCUT2D eigenvalue weighted by Crippen LogP contribution is 2.14. The van der Waals surface area contributed by atoms with E-state index in [0.717, 1.165) is 0 Å². The molecule has 0 bridgehead atoms. The Balaban J connectivity index is 2.92. The van der Waals surface area contributed by atoms with E-state index in [4.69, 9.17) is 27.5 Å². The number of hydrogen-bond acceptors (Lipinski definition) is 5. The second-order valence-corrected chi connectivity index (χ2v) is 3.73. The number of nitrogen functional groups attached to an aromatic ring is 1. The molecule has 0 spiro atoms. The lowest BCUT2D eigenvalue weighted by Gasteiger charge is -2.20. The van der Waals surface area contributed by atoms with Crippen LogP contribution >= 0.6 is 11.6 Å². The van der Waals surface area contributed by atoms with Gasteiger partial charge in [-0.15, -0.1) is 0 Å². The summed E-state index contributed by atoms with van der Waals surface area (Å²) in [4.78, 5) is 17.0. The molecule has 1 heterocycles. The number of rotatable bonds is 5. The van der Waals surface area contributed by atoms with E-state index in [1.165, 1.54) is 17.0 Å². The van der Waals surface area contributed by atoms with Crippen molar-refractivity contribution < 1.29 is 15.0 Å². The molecule has 1 aromatic heterocycles. The Kier molecular flexibility index (Phi) is 5.14. The summed E-state index contributed by atoms with van der Waals surface area (Å²) in [5.41, 5.74) is 5.76. The molecule has 0 saturated carbocycles. The Morgan fingerprint density at radius 3 is 2.41 bits per heavy atom. The van der Waals surface area contributed by atoms with Gasteiger partial charge in [0.2, 0.25) is 0 Å². The standard InChI is InChI=1S/C10H14ClN3O3/c11-8-5-7(6-9(12)13-8)10(17)14(1-3-15)2-4-16/h5-6,15-16H,1-4H2,(H2,12,13). The van der Waals surface area contributed by atoms with Crippen molar-refractivity contribution in [3.05, 3.63) is 22.8 Å². The third kappa shape index (κ3) is 3.85. The second kappa shape index (κ2) is 6.39. The number of anilines is 1. The molecule has 1 rings (SSSR count). The van der Waals surface area contributed by atoms with Crippen molar-refractivity contribution in [1.29, 1.82) is 0 Å².